The SMILES string of the molecule is CCc1nc2c(C)cc(Br)cn2c1C(=O)N1CCN(c2ccccn2)CC1. The number of carbonyl (C=O) groups excluding carboxylic acids is 1. The van der Waals surface area contributed by atoms with Crippen molar-refractivity contribution in [3.8, 4) is 0 Å². The molecule has 0 spiro atoms. The van der Waals surface area contributed by atoms with Crippen LogP contribution in [-0.2, 0) is 6.42 Å². The van der Waals surface area contributed by atoms with Crippen molar-refractivity contribution in [2.75, 3.05) is 31.1 Å². The van der Waals surface area contributed by atoms with Crippen LogP contribution in [0.3, 0.4) is 0 Å². The zero-order chi connectivity index (χ0) is 19.0. The first-order chi connectivity index (χ1) is 13.1. The van der Waals surface area contributed by atoms with Crippen LogP contribution in [0.15, 0.2) is 41.1 Å². The van der Waals surface area contributed by atoms with Crippen LogP contribution in [0.5, 0.6) is 0 Å². The molecule has 7 heteroatoms. The van der Waals surface area contributed by atoms with Crippen LogP contribution in [0.1, 0.15) is 28.7 Å². The summed E-state index contributed by atoms with van der Waals surface area (Å²) >= 11 is 3.54. The van der Waals surface area contributed by atoms with Gasteiger partial charge >= 0.3 is 0 Å². The summed E-state index contributed by atoms with van der Waals surface area (Å²) in [5, 5.41) is 0. The molecule has 1 aliphatic heterocycles. The molecular weight excluding hydrogens is 406 g/mol. The van der Waals surface area contributed by atoms with Gasteiger partial charge in [0.15, 0.2) is 0 Å². The lowest BCUT2D eigenvalue weighted by Crippen LogP contribution is -2.49. The van der Waals surface area contributed by atoms with E-state index in [9.17, 15) is 4.79 Å². The lowest BCUT2D eigenvalue weighted by Gasteiger charge is -2.35. The smallest absolute Gasteiger partial charge is 0.272 e. The fourth-order valence-corrected chi connectivity index (χ4v) is 4.17. The molecule has 3 aromatic heterocycles. The molecule has 6 nitrogen and oxygen atoms in total. The zero-order valence-corrected chi connectivity index (χ0v) is 17.1. The number of halogens is 1. The molecule has 0 saturated carbocycles. The first-order valence-corrected chi connectivity index (χ1v) is 10.00. The zero-order valence-electron chi connectivity index (χ0n) is 15.5. The lowest BCUT2D eigenvalue weighted by molar-refractivity contribution is 0.0738. The fourth-order valence-electron chi connectivity index (χ4n) is 3.62. The first-order valence-electron chi connectivity index (χ1n) is 9.21. The topological polar surface area (TPSA) is 53.7 Å². The van der Waals surface area contributed by atoms with Gasteiger partial charge in [0.25, 0.3) is 5.91 Å². The van der Waals surface area contributed by atoms with Gasteiger partial charge in [0.05, 0.1) is 5.69 Å². The maximum absolute atomic E-state index is 13.3. The molecule has 0 N–H and O–H groups in total. The molecule has 0 radical (unpaired) electrons. The van der Waals surface area contributed by atoms with Crippen molar-refractivity contribution in [3.63, 3.8) is 0 Å². The summed E-state index contributed by atoms with van der Waals surface area (Å²) in [5.41, 5.74) is 3.44. The average molecular weight is 428 g/mol. The third kappa shape index (κ3) is 3.32. The third-order valence-electron chi connectivity index (χ3n) is 5.02. The van der Waals surface area contributed by atoms with Crippen LogP contribution >= 0.6 is 15.9 Å². The molecular formula is C20H22BrN5O. The van der Waals surface area contributed by atoms with Crippen molar-refractivity contribution in [2.24, 2.45) is 0 Å². The van der Waals surface area contributed by atoms with E-state index >= 15 is 0 Å². The number of imidazole rings is 1. The van der Waals surface area contributed by atoms with Crippen LogP contribution in [0, 0.1) is 6.92 Å². The normalized spacial score (nSPS) is 14.8. The van der Waals surface area contributed by atoms with Crippen molar-refractivity contribution >= 4 is 33.3 Å². The number of anilines is 1. The van der Waals surface area contributed by atoms with E-state index in [0.717, 1.165) is 46.7 Å². The van der Waals surface area contributed by atoms with Gasteiger partial charge in [0.2, 0.25) is 0 Å². The van der Waals surface area contributed by atoms with Gasteiger partial charge < -0.3 is 9.80 Å². The number of piperazine rings is 1. The first kappa shape index (κ1) is 18.0. The molecule has 4 heterocycles. The third-order valence-corrected chi connectivity index (χ3v) is 5.45. The van der Waals surface area contributed by atoms with Crippen LogP contribution in [0.25, 0.3) is 5.65 Å². The largest absolute Gasteiger partial charge is 0.353 e. The van der Waals surface area contributed by atoms with Crippen molar-refractivity contribution < 1.29 is 4.79 Å². The summed E-state index contributed by atoms with van der Waals surface area (Å²) in [4.78, 5) is 26.6. The highest BCUT2D eigenvalue weighted by molar-refractivity contribution is 9.10. The Morgan fingerprint density at radius 3 is 2.67 bits per heavy atom. The Kier molecular flexibility index (Phi) is 4.86. The van der Waals surface area contributed by atoms with Gasteiger partial charge in [-0.2, -0.15) is 0 Å². The molecule has 1 amide bonds. The highest BCUT2D eigenvalue weighted by Crippen LogP contribution is 2.23. The summed E-state index contributed by atoms with van der Waals surface area (Å²) in [6.07, 6.45) is 4.47. The van der Waals surface area contributed by atoms with Gasteiger partial charge in [-0.1, -0.05) is 13.0 Å². The number of nitrogens with zero attached hydrogens (tertiary/aromatic N) is 5. The monoisotopic (exact) mass is 427 g/mol. The maximum atomic E-state index is 13.3. The molecule has 0 aromatic carbocycles. The number of aromatic nitrogens is 3. The van der Waals surface area contributed by atoms with Gasteiger partial charge in [-0.3, -0.25) is 9.20 Å². The van der Waals surface area contributed by atoms with E-state index < -0.39 is 0 Å². The summed E-state index contributed by atoms with van der Waals surface area (Å²) in [5.74, 6) is 1.02. The Morgan fingerprint density at radius 2 is 2.00 bits per heavy atom. The Labute approximate surface area is 167 Å². The molecule has 1 fully saturated rings. The van der Waals surface area contributed by atoms with E-state index in [0.29, 0.717) is 18.8 Å². The molecule has 3 aromatic rings. The second-order valence-electron chi connectivity index (χ2n) is 6.76. The van der Waals surface area contributed by atoms with Crippen molar-refractivity contribution in [3.05, 3.63) is 58.1 Å². The molecule has 0 unspecified atom stereocenters. The van der Waals surface area contributed by atoms with Gasteiger partial charge in [-0.25, -0.2) is 9.97 Å². The minimum Gasteiger partial charge on any atom is -0.353 e. The Bertz CT molecular complexity index is 977. The number of amides is 1. The number of fused-ring (bicyclic) bond motifs is 1. The fraction of sp³-hybridized carbons (Fsp3) is 0.350. The van der Waals surface area contributed by atoms with Crippen LogP contribution < -0.4 is 4.90 Å². The predicted octanol–water partition coefficient (Wildman–Crippen LogP) is 3.33. The van der Waals surface area contributed by atoms with Crippen LogP contribution in [0.4, 0.5) is 5.82 Å². The quantitative estimate of drug-likeness (QED) is 0.643. The van der Waals surface area contributed by atoms with Crippen LogP contribution in [-0.4, -0.2) is 51.4 Å². The molecule has 1 aliphatic rings. The van der Waals surface area contributed by atoms with Gasteiger partial charge in [-0.05, 0) is 53.0 Å². The second-order valence-corrected chi connectivity index (χ2v) is 7.68. The van der Waals surface area contributed by atoms with Crippen molar-refractivity contribution in [1.82, 2.24) is 19.3 Å². The molecule has 27 heavy (non-hydrogen) atoms. The highest BCUT2D eigenvalue weighted by Gasteiger charge is 2.27. The van der Waals surface area contributed by atoms with E-state index in [2.05, 4.69) is 25.8 Å². The van der Waals surface area contributed by atoms with E-state index in [1.54, 1.807) is 6.20 Å². The number of carbonyl (C=O) groups is 1. The summed E-state index contributed by atoms with van der Waals surface area (Å²) in [7, 11) is 0. The molecule has 0 aliphatic carbocycles. The molecule has 1 saturated heterocycles. The van der Waals surface area contributed by atoms with Gasteiger partial charge in [0.1, 0.15) is 17.2 Å². The second kappa shape index (κ2) is 7.31. The minimum atomic E-state index is 0.0533. The average Bonchev–Trinajstić information content (AvgIpc) is 3.07. The number of hydrogen-bond donors (Lipinski definition) is 0. The summed E-state index contributed by atoms with van der Waals surface area (Å²) in [6, 6.07) is 7.95. The number of aryl methyl sites for hydroxylation is 2. The predicted molar refractivity (Wildman–Crippen MR) is 109 cm³/mol. The van der Waals surface area contributed by atoms with E-state index in [4.69, 9.17) is 4.98 Å². The molecule has 0 bridgehead atoms. The maximum Gasteiger partial charge on any atom is 0.272 e. The Hall–Kier alpha value is -2.41. The lowest BCUT2D eigenvalue weighted by atomic mass is 10.2. The van der Waals surface area contributed by atoms with E-state index in [1.165, 1.54) is 0 Å². The van der Waals surface area contributed by atoms with Gasteiger partial charge in [0, 0.05) is 43.0 Å². The van der Waals surface area contributed by atoms with Crippen molar-refractivity contribution in [2.45, 2.75) is 20.3 Å². The number of hydrogen-bond acceptors (Lipinski definition) is 4. The summed E-state index contributed by atoms with van der Waals surface area (Å²) < 4.78 is 2.88. The van der Waals surface area contributed by atoms with Gasteiger partial charge in [-0.15, -0.1) is 0 Å². The highest BCUT2D eigenvalue weighted by atomic mass is 79.9. The Morgan fingerprint density at radius 1 is 1.22 bits per heavy atom. The molecule has 0 atom stereocenters. The Balaban J connectivity index is 1.60. The van der Waals surface area contributed by atoms with E-state index in [-0.39, 0.29) is 5.91 Å². The van der Waals surface area contributed by atoms with Crippen LogP contribution in [0.2, 0.25) is 0 Å². The molecule has 140 valence electrons. The summed E-state index contributed by atoms with van der Waals surface area (Å²) in [6.45, 7) is 6.99. The van der Waals surface area contributed by atoms with E-state index in [1.807, 2.05) is 53.6 Å². The standard InChI is InChI=1S/C20H22BrN5O/c1-3-16-18(26-13-15(21)12-14(2)19(26)23-16)20(27)25-10-8-24(9-11-25)17-6-4-5-7-22-17/h4-7,12-13H,3,8-11H2,1-2H3. The number of pyridine rings is 2. The molecule has 4 rings (SSSR count). The number of rotatable bonds is 3. The van der Waals surface area contributed by atoms with Crippen molar-refractivity contribution in [1.29, 1.82) is 0 Å². The minimum absolute atomic E-state index is 0.0533.